The zero-order valence-corrected chi connectivity index (χ0v) is 19.0. The molecule has 2 aromatic heterocycles. The second-order valence-electron chi connectivity index (χ2n) is 7.81. The van der Waals surface area contributed by atoms with Gasteiger partial charge in [0.2, 0.25) is 0 Å². The maximum absolute atomic E-state index is 13.5. The van der Waals surface area contributed by atoms with Gasteiger partial charge in [-0.2, -0.15) is 0 Å². The molecule has 166 valence electrons. The Morgan fingerprint density at radius 1 is 0.909 bits per heavy atom. The van der Waals surface area contributed by atoms with Crippen LogP contribution in [-0.2, 0) is 6.42 Å². The zero-order valence-electron chi connectivity index (χ0n) is 18.3. The van der Waals surface area contributed by atoms with E-state index in [-0.39, 0.29) is 29.5 Å². The molecule has 33 heavy (non-hydrogen) atoms. The Labute approximate surface area is 196 Å². The molecule has 2 aromatic carbocycles. The molecule has 0 radical (unpaired) electrons. The third kappa shape index (κ3) is 5.07. The van der Waals surface area contributed by atoms with E-state index in [9.17, 15) is 9.18 Å². The van der Waals surface area contributed by atoms with Crippen LogP contribution in [0.2, 0.25) is 5.02 Å². The number of hydrogen-bond donors (Lipinski definition) is 1. The van der Waals surface area contributed by atoms with Crippen LogP contribution >= 0.6 is 11.6 Å². The third-order valence-corrected chi connectivity index (χ3v) is 5.61. The standard InChI is InChI=1S/C26H22ClFN4O/c1-15-13-19(14-16(2)30-15)24-23(18-7-10-20(28)11-8-18)32-26(29)25(31-24)22(33)12-9-17-5-3-4-6-21(17)27/h3-8,10-11,13-14H,9,12H2,1-2H3,(H2,29,32). The Hall–Kier alpha value is -3.64. The first-order valence-corrected chi connectivity index (χ1v) is 10.9. The van der Waals surface area contributed by atoms with Gasteiger partial charge in [-0.3, -0.25) is 9.78 Å². The van der Waals surface area contributed by atoms with Gasteiger partial charge >= 0.3 is 0 Å². The number of hydrogen-bond acceptors (Lipinski definition) is 5. The molecule has 0 saturated heterocycles. The number of nitrogens with two attached hydrogens (primary N) is 1. The van der Waals surface area contributed by atoms with Crippen molar-refractivity contribution < 1.29 is 9.18 Å². The van der Waals surface area contributed by atoms with E-state index < -0.39 is 0 Å². The fourth-order valence-electron chi connectivity index (χ4n) is 3.70. The highest BCUT2D eigenvalue weighted by Gasteiger charge is 2.20. The number of carbonyl (C=O) groups is 1. The van der Waals surface area contributed by atoms with Crippen molar-refractivity contribution in [2.24, 2.45) is 0 Å². The highest BCUT2D eigenvalue weighted by atomic mass is 35.5. The van der Waals surface area contributed by atoms with Crippen molar-refractivity contribution in [3.8, 4) is 22.5 Å². The zero-order chi connectivity index (χ0) is 23.5. The number of carbonyl (C=O) groups excluding carboxylic acids is 1. The number of anilines is 1. The van der Waals surface area contributed by atoms with Gasteiger partial charge in [-0.05, 0) is 68.3 Å². The molecule has 7 heteroatoms. The lowest BCUT2D eigenvalue weighted by molar-refractivity contribution is 0.0979. The van der Waals surface area contributed by atoms with Crippen molar-refractivity contribution in [2.45, 2.75) is 26.7 Å². The number of halogens is 2. The number of aryl methyl sites for hydroxylation is 3. The SMILES string of the molecule is Cc1cc(-c2nc(C(=O)CCc3ccccc3Cl)c(N)nc2-c2ccc(F)cc2)cc(C)n1. The van der Waals surface area contributed by atoms with Crippen molar-refractivity contribution in [1.29, 1.82) is 0 Å². The summed E-state index contributed by atoms with van der Waals surface area (Å²) < 4.78 is 13.5. The largest absolute Gasteiger partial charge is 0.382 e. The first-order valence-electron chi connectivity index (χ1n) is 10.5. The van der Waals surface area contributed by atoms with Crippen LogP contribution in [0, 0.1) is 19.7 Å². The molecule has 0 saturated carbocycles. The summed E-state index contributed by atoms with van der Waals surface area (Å²) in [4.78, 5) is 26.7. The molecule has 0 aliphatic carbocycles. The highest BCUT2D eigenvalue weighted by molar-refractivity contribution is 6.31. The fourth-order valence-corrected chi connectivity index (χ4v) is 3.93. The minimum atomic E-state index is -0.358. The average molecular weight is 461 g/mol. The number of aromatic nitrogens is 3. The van der Waals surface area contributed by atoms with Gasteiger partial charge in [0.05, 0.1) is 11.4 Å². The third-order valence-electron chi connectivity index (χ3n) is 5.24. The number of rotatable bonds is 6. The minimum absolute atomic E-state index is 0.0322. The van der Waals surface area contributed by atoms with E-state index in [2.05, 4.69) is 15.0 Å². The lowest BCUT2D eigenvalue weighted by Crippen LogP contribution is -2.12. The summed E-state index contributed by atoms with van der Waals surface area (Å²) in [6, 6.07) is 17.1. The second-order valence-corrected chi connectivity index (χ2v) is 8.22. The van der Waals surface area contributed by atoms with Gasteiger partial charge in [-0.1, -0.05) is 29.8 Å². The van der Waals surface area contributed by atoms with Crippen molar-refractivity contribution in [1.82, 2.24) is 15.0 Å². The van der Waals surface area contributed by atoms with E-state index in [1.54, 1.807) is 18.2 Å². The molecule has 0 bridgehead atoms. The van der Waals surface area contributed by atoms with Gasteiger partial charge in [-0.25, -0.2) is 14.4 Å². The van der Waals surface area contributed by atoms with E-state index in [1.165, 1.54) is 12.1 Å². The van der Waals surface area contributed by atoms with Crippen molar-refractivity contribution in [3.05, 3.63) is 94.1 Å². The van der Waals surface area contributed by atoms with Crippen LogP contribution in [0.4, 0.5) is 10.2 Å². The molecule has 0 amide bonds. The van der Waals surface area contributed by atoms with E-state index >= 15 is 0 Å². The van der Waals surface area contributed by atoms with Crippen molar-refractivity contribution in [3.63, 3.8) is 0 Å². The monoisotopic (exact) mass is 460 g/mol. The second kappa shape index (κ2) is 9.46. The van der Waals surface area contributed by atoms with Crippen molar-refractivity contribution in [2.75, 3.05) is 5.73 Å². The maximum Gasteiger partial charge on any atom is 0.185 e. The topological polar surface area (TPSA) is 81.8 Å². The van der Waals surface area contributed by atoms with Gasteiger partial charge in [-0.15, -0.1) is 0 Å². The number of Topliss-reactive ketones (excluding diaryl/α,β-unsaturated/α-hetero) is 1. The van der Waals surface area contributed by atoms with E-state index in [0.29, 0.717) is 28.4 Å². The normalized spacial score (nSPS) is 10.9. The summed E-state index contributed by atoms with van der Waals surface area (Å²) in [5.74, 6) is -0.553. The van der Waals surface area contributed by atoms with Crippen LogP contribution in [-0.4, -0.2) is 20.7 Å². The van der Waals surface area contributed by atoms with Crippen LogP contribution < -0.4 is 5.73 Å². The summed E-state index contributed by atoms with van der Waals surface area (Å²) >= 11 is 6.22. The van der Waals surface area contributed by atoms with Crippen LogP contribution in [0.3, 0.4) is 0 Å². The smallest absolute Gasteiger partial charge is 0.185 e. The summed E-state index contributed by atoms with van der Waals surface area (Å²) in [5.41, 5.74) is 11.1. The molecule has 4 rings (SSSR count). The Kier molecular flexibility index (Phi) is 6.47. The Morgan fingerprint density at radius 2 is 1.55 bits per heavy atom. The van der Waals surface area contributed by atoms with Crippen LogP contribution in [0.5, 0.6) is 0 Å². The average Bonchev–Trinajstić information content (AvgIpc) is 2.78. The lowest BCUT2D eigenvalue weighted by atomic mass is 10.0. The molecule has 0 fully saturated rings. The van der Waals surface area contributed by atoms with Crippen molar-refractivity contribution >= 4 is 23.2 Å². The summed E-state index contributed by atoms with van der Waals surface area (Å²) in [6.45, 7) is 3.77. The molecule has 0 spiro atoms. The molecule has 0 atom stereocenters. The van der Waals surface area contributed by atoms with Crippen LogP contribution in [0.25, 0.3) is 22.5 Å². The first kappa shape index (κ1) is 22.6. The van der Waals surface area contributed by atoms with Gasteiger partial charge in [0, 0.05) is 34.0 Å². The first-order chi connectivity index (χ1) is 15.8. The number of pyridine rings is 1. The van der Waals surface area contributed by atoms with E-state index in [0.717, 1.165) is 22.5 Å². The predicted octanol–water partition coefficient (Wildman–Crippen LogP) is 6.01. The minimum Gasteiger partial charge on any atom is -0.382 e. The highest BCUT2D eigenvalue weighted by Crippen LogP contribution is 2.32. The Morgan fingerprint density at radius 3 is 2.21 bits per heavy atom. The fraction of sp³-hybridized carbons (Fsp3) is 0.154. The molecule has 2 N–H and O–H groups in total. The van der Waals surface area contributed by atoms with Crippen LogP contribution in [0.15, 0.2) is 60.7 Å². The molecular formula is C26H22ClFN4O. The predicted molar refractivity (Wildman–Crippen MR) is 129 cm³/mol. The van der Waals surface area contributed by atoms with Crippen LogP contribution in [0.1, 0.15) is 33.9 Å². The molecule has 0 aliphatic heterocycles. The van der Waals surface area contributed by atoms with E-state index in [4.69, 9.17) is 17.3 Å². The number of nitrogens with zero attached hydrogens (tertiary/aromatic N) is 3. The van der Waals surface area contributed by atoms with Gasteiger partial charge < -0.3 is 5.73 Å². The van der Waals surface area contributed by atoms with E-state index in [1.807, 2.05) is 44.2 Å². The molecule has 5 nitrogen and oxygen atoms in total. The Balaban J connectivity index is 1.78. The number of ketones is 1. The maximum atomic E-state index is 13.5. The summed E-state index contributed by atoms with van der Waals surface area (Å²) in [5, 5.41) is 0.611. The number of benzene rings is 2. The number of nitrogen functional groups attached to an aromatic ring is 1. The van der Waals surface area contributed by atoms with Gasteiger partial charge in [0.1, 0.15) is 11.5 Å². The summed E-state index contributed by atoms with van der Waals surface area (Å²) in [6.07, 6.45) is 0.647. The molecular weight excluding hydrogens is 439 g/mol. The van der Waals surface area contributed by atoms with Gasteiger partial charge in [0.15, 0.2) is 11.6 Å². The quantitative estimate of drug-likeness (QED) is 0.356. The molecule has 0 unspecified atom stereocenters. The molecule has 0 aliphatic rings. The Bertz CT molecular complexity index is 1320. The van der Waals surface area contributed by atoms with Gasteiger partial charge in [0.25, 0.3) is 0 Å². The lowest BCUT2D eigenvalue weighted by Gasteiger charge is -2.14. The summed E-state index contributed by atoms with van der Waals surface area (Å²) in [7, 11) is 0. The molecule has 4 aromatic rings. The molecule has 2 heterocycles.